The van der Waals surface area contributed by atoms with Crippen molar-refractivity contribution >= 4 is 17.7 Å². The van der Waals surface area contributed by atoms with E-state index in [1.54, 1.807) is 11.9 Å². The lowest BCUT2D eigenvalue weighted by molar-refractivity contribution is -0.150. The molecular formula is C23H31N3O5. The lowest BCUT2D eigenvalue weighted by Gasteiger charge is -2.39. The van der Waals surface area contributed by atoms with Gasteiger partial charge in [-0.1, -0.05) is 43.6 Å². The maximum atomic E-state index is 13.9. The Bertz CT molecular complexity index is 835. The van der Waals surface area contributed by atoms with Crippen LogP contribution in [-0.2, 0) is 19.1 Å². The maximum Gasteiger partial charge on any atom is 0.249 e. The molecule has 3 amide bonds. The highest BCUT2D eigenvalue weighted by Gasteiger charge is 2.71. The molecule has 31 heavy (non-hydrogen) atoms. The minimum atomic E-state index is -1.18. The Kier molecular flexibility index (Phi) is 5.17. The molecule has 0 radical (unpaired) electrons. The first-order chi connectivity index (χ1) is 15.0. The number of aliphatic hydroxyl groups excluding tert-OH is 1. The second-order valence-corrected chi connectivity index (χ2v) is 9.43. The molecule has 0 bridgehead atoms. The molecule has 1 aliphatic carbocycles. The Balaban J connectivity index is 1.58. The fourth-order valence-electron chi connectivity index (χ4n) is 6.35. The predicted octanol–water partition coefficient (Wildman–Crippen LogP) is 0.319. The fourth-order valence-corrected chi connectivity index (χ4v) is 6.35. The van der Waals surface area contributed by atoms with Crippen LogP contribution in [0.4, 0.5) is 0 Å². The molecule has 4 heterocycles. The van der Waals surface area contributed by atoms with Gasteiger partial charge in [-0.15, -0.1) is 0 Å². The number of carbonyl (C=O) groups excluding carboxylic acids is 3. The minimum Gasteiger partial charge on any atom is -0.395 e. The number of carbonyl (C=O) groups is 3. The van der Waals surface area contributed by atoms with Crippen molar-refractivity contribution < 1.29 is 24.2 Å². The van der Waals surface area contributed by atoms with Crippen LogP contribution in [0.1, 0.15) is 32.1 Å². The van der Waals surface area contributed by atoms with Crippen molar-refractivity contribution in [1.29, 1.82) is 0 Å². The zero-order chi connectivity index (χ0) is 21.8. The molecule has 1 unspecified atom stereocenters. The third kappa shape index (κ3) is 2.98. The van der Waals surface area contributed by atoms with Crippen molar-refractivity contribution in [3.05, 3.63) is 24.3 Å². The summed E-state index contributed by atoms with van der Waals surface area (Å²) < 4.78 is 6.50. The van der Waals surface area contributed by atoms with Gasteiger partial charge in [-0.3, -0.25) is 14.4 Å². The van der Waals surface area contributed by atoms with Crippen LogP contribution in [0.15, 0.2) is 24.3 Å². The van der Waals surface area contributed by atoms with E-state index < -0.39 is 29.6 Å². The molecular weight excluding hydrogens is 398 g/mol. The topological polar surface area (TPSA) is 90.4 Å². The standard InChI is InChI=1S/C23H31N3O5/c1-24-11-5-9-16-17(20(24)28)18-21(29)26(13-14-27)19-22(30)25(15-7-3-2-4-8-15)12-6-10-23(18,19)31-16/h5-6,9-10,15-19,27H,2-4,7-8,11-14H2,1H3/t16-,17+,18+,19?,23+/m1/s1. The molecule has 0 aromatic heterocycles. The zero-order valence-corrected chi connectivity index (χ0v) is 18.0. The van der Waals surface area contributed by atoms with Crippen molar-refractivity contribution in [2.45, 2.75) is 55.9 Å². The highest BCUT2D eigenvalue weighted by atomic mass is 16.5. The predicted molar refractivity (Wildman–Crippen MR) is 112 cm³/mol. The smallest absolute Gasteiger partial charge is 0.249 e. The third-order valence-corrected chi connectivity index (χ3v) is 7.75. The molecule has 4 aliphatic heterocycles. The number of aliphatic hydroxyl groups is 1. The van der Waals surface area contributed by atoms with E-state index in [0.29, 0.717) is 13.1 Å². The SMILES string of the molecule is CN1CC=C[C@H]2O[C@]34C=CCN(C5CCCCC5)C(=O)C3N(CCO)C(=O)[C@@H]4[C@H]2C1=O. The number of likely N-dealkylation sites (tertiary alicyclic amines) is 1. The molecule has 3 fully saturated rings. The molecule has 8 nitrogen and oxygen atoms in total. The average Bonchev–Trinajstić information content (AvgIpc) is 3.08. The summed E-state index contributed by atoms with van der Waals surface area (Å²) in [5, 5.41) is 9.67. The maximum absolute atomic E-state index is 13.9. The molecule has 0 aromatic rings. The summed E-state index contributed by atoms with van der Waals surface area (Å²) in [5.41, 5.74) is -1.18. The Morgan fingerprint density at radius 3 is 2.58 bits per heavy atom. The number of amides is 3. The molecule has 0 aromatic carbocycles. The van der Waals surface area contributed by atoms with Crippen LogP contribution in [0, 0.1) is 11.8 Å². The number of rotatable bonds is 3. The third-order valence-electron chi connectivity index (χ3n) is 7.75. The van der Waals surface area contributed by atoms with E-state index in [-0.39, 0.29) is 36.9 Å². The molecule has 1 saturated carbocycles. The molecule has 168 valence electrons. The Morgan fingerprint density at radius 1 is 1.06 bits per heavy atom. The summed E-state index contributed by atoms with van der Waals surface area (Å²) in [6, 6.07) is -0.693. The fraction of sp³-hybridized carbons (Fsp3) is 0.696. The molecule has 5 aliphatic rings. The van der Waals surface area contributed by atoms with Crippen molar-refractivity contribution in [2.24, 2.45) is 11.8 Å². The Hall–Kier alpha value is -2.19. The normalized spacial score (nSPS) is 38.3. The molecule has 8 heteroatoms. The summed E-state index contributed by atoms with van der Waals surface area (Å²) in [7, 11) is 1.72. The molecule has 2 saturated heterocycles. The number of nitrogens with zero attached hydrogens (tertiary/aromatic N) is 3. The number of ether oxygens (including phenoxy) is 1. The summed E-state index contributed by atoms with van der Waals surface area (Å²) >= 11 is 0. The number of likely N-dealkylation sites (N-methyl/N-ethyl adjacent to an activating group) is 1. The largest absolute Gasteiger partial charge is 0.395 e. The van der Waals surface area contributed by atoms with E-state index in [0.717, 1.165) is 25.7 Å². The second-order valence-electron chi connectivity index (χ2n) is 9.43. The second kappa shape index (κ2) is 7.74. The lowest BCUT2D eigenvalue weighted by Crippen LogP contribution is -2.57. The van der Waals surface area contributed by atoms with Gasteiger partial charge in [0.05, 0.1) is 24.5 Å². The van der Waals surface area contributed by atoms with Gasteiger partial charge in [0.1, 0.15) is 11.6 Å². The van der Waals surface area contributed by atoms with Crippen molar-refractivity contribution in [1.82, 2.24) is 14.7 Å². The van der Waals surface area contributed by atoms with E-state index in [1.165, 1.54) is 11.3 Å². The van der Waals surface area contributed by atoms with Gasteiger partial charge in [0.25, 0.3) is 0 Å². The summed E-state index contributed by atoms with van der Waals surface area (Å²) in [5.74, 6) is -1.96. The first-order valence-electron chi connectivity index (χ1n) is 11.5. The van der Waals surface area contributed by atoms with Crippen LogP contribution in [0.5, 0.6) is 0 Å². The van der Waals surface area contributed by atoms with Crippen LogP contribution in [0.2, 0.25) is 0 Å². The minimum absolute atomic E-state index is 0.0560. The van der Waals surface area contributed by atoms with E-state index in [2.05, 4.69) is 0 Å². The Labute approximate surface area is 182 Å². The van der Waals surface area contributed by atoms with Gasteiger partial charge in [0.2, 0.25) is 17.7 Å². The first-order valence-corrected chi connectivity index (χ1v) is 11.5. The van der Waals surface area contributed by atoms with E-state index in [4.69, 9.17) is 4.74 Å². The molecule has 5 atom stereocenters. The lowest BCUT2D eigenvalue weighted by atomic mass is 9.77. The highest BCUT2D eigenvalue weighted by Crippen LogP contribution is 2.53. The monoisotopic (exact) mass is 429 g/mol. The first kappa shape index (κ1) is 20.7. The number of hydrogen-bond donors (Lipinski definition) is 1. The van der Waals surface area contributed by atoms with Crippen LogP contribution in [-0.4, -0.2) is 94.6 Å². The number of hydrogen-bond acceptors (Lipinski definition) is 5. The van der Waals surface area contributed by atoms with E-state index in [1.807, 2.05) is 29.2 Å². The van der Waals surface area contributed by atoms with Crippen molar-refractivity contribution in [3.63, 3.8) is 0 Å². The molecule has 1 spiro atoms. The van der Waals surface area contributed by atoms with Gasteiger partial charge >= 0.3 is 0 Å². The highest BCUT2D eigenvalue weighted by molar-refractivity contribution is 5.99. The van der Waals surface area contributed by atoms with Crippen LogP contribution < -0.4 is 0 Å². The van der Waals surface area contributed by atoms with Crippen molar-refractivity contribution in [3.8, 4) is 0 Å². The average molecular weight is 430 g/mol. The molecule has 5 rings (SSSR count). The summed E-state index contributed by atoms with van der Waals surface area (Å²) in [6.45, 7) is 0.767. The van der Waals surface area contributed by atoms with Gasteiger partial charge in [-0.05, 0) is 12.8 Å². The van der Waals surface area contributed by atoms with E-state index in [9.17, 15) is 19.5 Å². The van der Waals surface area contributed by atoms with Crippen LogP contribution >= 0.6 is 0 Å². The van der Waals surface area contributed by atoms with E-state index >= 15 is 0 Å². The van der Waals surface area contributed by atoms with Crippen LogP contribution in [0.25, 0.3) is 0 Å². The van der Waals surface area contributed by atoms with Gasteiger partial charge in [-0.25, -0.2) is 0 Å². The summed E-state index contributed by atoms with van der Waals surface area (Å²) in [4.78, 5) is 45.7. The van der Waals surface area contributed by atoms with Gasteiger partial charge in [0, 0.05) is 32.7 Å². The quantitative estimate of drug-likeness (QED) is 0.653. The molecule has 1 N–H and O–H groups in total. The number of β-amino-alcohol motifs (C(OH)–C–C–N with tert-alkyl or cyclic N) is 1. The van der Waals surface area contributed by atoms with Gasteiger partial charge in [0.15, 0.2) is 0 Å². The Morgan fingerprint density at radius 2 is 1.84 bits per heavy atom. The van der Waals surface area contributed by atoms with Crippen molar-refractivity contribution in [2.75, 3.05) is 33.3 Å². The zero-order valence-electron chi connectivity index (χ0n) is 18.0. The van der Waals surface area contributed by atoms with Gasteiger partial charge < -0.3 is 24.5 Å². The summed E-state index contributed by atoms with van der Waals surface area (Å²) in [6.07, 6.45) is 12.3. The van der Waals surface area contributed by atoms with Gasteiger partial charge in [-0.2, -0.15) is 0 Å². The number of fused-ring (bicyclic) bond motifs is 2. The van der Waals surface area contributed by atoms with Crippen LogP contribution in [0.3, 0.4) is 0 Å².